The van der Waals surface area contributed by atoms with Gasteiger partial charge in [-0.2, -0.15) is 25.2 Å². The first-order chi connectivity index (χ1) is 15.8. The maximum Gasteiger partial charge on any atom is 0.257 e. The molecule has 2 heterocycles. The molecule has 0 aliphatic rings. The molecule has 0 amide bonds. The zero-order valence-electron chi connectivity index (χ0n) is 17.4. The van der Waals surface area contributed by atoms with Crippen molar-refractivity contribution in [1.82, 2.24) is 24.7 Å². The standard InChI is InChI=1S/C21H17Br3N8O/c1-11-7-12(2)32(31-11)21-28-19(26-16-5-3-14(22)4-6-16)27-20(29-21)30-25-10-13-8-15(23)9-17(24)18(13)33/h3-10,33H,1-2H3,(H2,26,27,28,29,30)/b25-10+. The number of aromatic hydroxyl groups is 1. The molecule has 2 aromatic heterocycles. The topological polar surface area (TPSA) is 113 Å². The Morgan fingerprint density at radius 1 is 0.939 bits per heavy atom. The summed E-state index contributed by atoms with van der Waals surface area (Å²) in [4.78, 5) is 13.4. The van der Waals surface area contributed by atoms with Gasteiger partial charge in [-0.05, 0) is 72.2 Å². The van der Waals surface area contributed by atoms with E-state index in [0.717, 1.165) is 26.0 Å². The lowest BCUT2D eigenvalue weighted by molar-refractivity contribution is 0.471. The summed E-state index contributed by atoms with van der Waals surface area (Å²) < 4.78 is 3.94. The average molecular weight is 637 g/mol. The highest BCUT2D eigenvalue weighted by atomic mass is 79.9. The Balaban J connectivity index is 1.67. The molecule has 9 nitrogen and oxygen atoms in total. The van der Waals surface area contributed by atoms with Crippen molar-refractivity contribution in [3.63, 3.8) is 0 Å². The van der Waals surface area contributed by atoms with Crippen LogP contribution in [0.25, 0.3) is 5.95 Å². The molecule has 168 valence electrons. The van der Waals surface area contributed by atoms with Gasteiger partial charge in [-0.25, -0.2) is 10.1 Å². The first-order valence-electron chi connectivity index (χ1n) is 9.58. The maximum atomic E-state index is 10.2. The lowest BCUT2D eigenvalue weighted by atomic mass is 10.2. The molecule has 0 aliphatic carbocycles. The van der Waals surface area contributed by atoms with E-state index < -0.39 is 0 Å². The molecule has 0 aliphatic heterocycles. The summed E-state index contributed by atoms with van der Waals surface area (Å²) in [6.07, 6.45) is 1.47. The second kappa shape index (κ2) is 9.98. The fourth-order valence-corrected chi connectivity index (χ4v) is 4.43. The fraction of sp³-hybridized carbons (Fsp3) is 0.0952. The van der Waals surface area contributed by atoms with Gasteiger partial charge >= 0.3 is 0 Å². The van der Waals surface area contributed by atoms with Crippen LogP contribution < -0.4 is 10.7 Å². The van der Waals surface area contributed by atoms with Crippen molar-refractivity contribution in [2.45, 2.75) is 13.8 Å². The van der Waals surface area contributed by atoms with Gasteiger partial charge in [0.25, 0.3) is 5.95 Å². The molecule has 0 radical (unpaired) electrons. The number of benzene rings is 2. The molecule has 0 unspecified atom stereocenters. The SMILES string of the molecule is Cc1cc(C)n(-c2nc(N/N=C/c3cc(Br)cc(Br)c3O)nc(Nc3ccc(Br)cc3)n2)n1. The first kappa shape index (κ1) is 23.3. The molecular weight excluding hydrogens is 620 g/mol. The van der Waals surface area contributed by atoms with Crippen molar-refractivity contribution in [3.8, 4) is 11.7 Å². The lowest BCUT2D eigenvalue weighted by Gasteiger charge is -2.10. The predicted molar refractivity (Wildman–Crippen MR) is 139 cm³/mol. The van der Waals surface area contributed by atoms with Gasteiger partial charge in [-0.3, -0.25) is 0 Å². The normalized spacial score (nSPS) is 11.2. The van der Waals surface area contributed by atoms with Gasteiger partial charge in [0.05, 0.1) is 16.4 Å². The summed E-state index contributed by atoms with van der Waals surface area (Å²) in [5, 5.41) is 22.0. The van der Waals surface area contributed by atoms with Crippen molar-refractivity contribution in [1.29, 1.82) is 0 Å². The lowest BCUT2D eigenvalue weighted by Crippen LogP contribution is -2.11. The van der Waals surface area contributed by atoms with Crippen LogP contribution in [0.1, 0.15) is 17.0 Å². The minimum absolute atomic E-state index is 0.0697. The Kier molecular flexibility index (Phi) is 7.05. The molecule has 2 aromatic carbocycles. The minimum atomic E-state index is 0.0697. The molecule has 12 heteroatoms. The largest absolute Gasteiger partial charge is 0.506 e. The van der Waals surface area contributed by atoms with Gasteiger partial charge in [0.1, 0.15) is 5.75 Å². The Bertz CT molecular complexity index is 1340. The summed E-state index contributed by atoms with van der Waals surface area (Å²) in [7, 11) is 0. The number of hydrazone groups is 1. The Labute approximate surface area is 214 Å². The van der Waals surface area contributed by atoms with Crippen LogP contribution in [0.3, 0.4) is 0 Å². The van der Waals surface area contributed by atoms with Gasteiger partial charge in [0.15, 0.2) is 0 Å². The molecule has 0 saturated heterocycles. The number of anilines is 3. The Morgan fingerprint density at radius 3 is 2.36 bits per heavy atom. The van der Waals surface area contributed by atoms with E-state index in [9.17, 15) is 5.11 Å². The van der Waals surface area contributed by atoms with E-state index in [4.69, 9.17) is 0 Å². The second-order valence-electron chi connectivity index (χ2n) is 6.95. The van der Waals surface area contributed by atoms with E-state index in [1.54, 1.807) is 16.8 Å². The number of aromatic nitrogens is 5. The molecule has 3 N–H and O–H groups in total. The minimum Gasteiger partial charge on any atom is -0.506 e. The Hall–Kier alpha value is -2.83. The highest BCUT2D eigenvalue weighted by molar-refractivity contribution is 9.11. The molecule has 0 spiro atoms. The van der Waals surface area contributed by atoms with Gasteiger partial charge in [-0.1, -0.05) is 31.9 Å². The number of nitrogens with one attached hydrogen (secondary N) is 2. The van der Waals surface area contributed by atoms with Crippen LogP contribution >= 0.6 is 47.8 Å². The van der Waals surface area contributed by atoms with Crippen molar-refractivity contribution < 1.29 is 5.11 Å². The van der Waals surface area contributed by atoms with Gasteiger partial charge in [0.2, 0.25) is 11.9 Å². The summed E-state index contributed by atoms with van der Waals surface area (Å²) >= 11 is 10.1. The zero-order valence-corrected chi connectivity index (χ0v) is 22.1. The molecule has 0 bridgehead atoms. The van der Waals surface area contributed by atoms with E-state index in [1.807, 2.05) is 44.2 Å². The number of aryl methyl sites for hydroxylation is 2. The van der Waals surface area contributed by atoms with Crippen LogP contribution in [0, 0.1) is 13.8 Å². The molecule has 4 rings (SSSR count). The summed E-state index contributed by atoms with van der Waals surface area (Å²) in [6, 6.07) is 13.0. The molecule has 0 fully saturated rings. The number of phenolic OH excluding ortho intramolecular Hbond substituents is 1. The van der Waals surface area contributed by atoms with Crippen molar-refractivity contribution in [2.75, 3.05) is 10.7 Å². The first-order valence-corrected chi connectivity index (χ1v) is 12.0. The van der Waals surface area contributed by atoms with Crippen molar-refractivity contribution >= 4 is 71.6 Å². The maximum absolute atomic E-state index is 10.2. The van der Waals surface area contributed by atoms with Crippen LogP contribution in [0.4, 0.5) is 17.6 Å². The third-order valence-electron chi connectivity index (χ3n) is 4.35. The smallest absolute Gasteiger partial charge is 0.257 e. The van der Waals surface area contributed by atoms with Crippen molar-refractivity contribution in [3.05, 3.63) is 72.8 Å². The van der Waals surface area contributed by atoms with Gasteiger partial charge < -0.3 is 10.4 Å². The summed E-state index contributed by atoms with van der Waals surface area (Å²) in [6.45, 7) is 3.82. The van der Waals surface area contributed by atoms with Crippen LogP contribution in [-0.2, 0) is 0 Å². The van der Waals surface area contributed by atoms with E-state index in [-0.39, 0.29) is 11.7 Å². The molecule has 33 heavy (non-hydrogen) atoms. The third-order valence-corrected chi connectivity index (χ3v) is 5.94. The Morgan fingerprint density at radius 2 is 1.67 bits per heavy atom. The summed E-state index contributed by atoms with van der Waals surface area (Å²) in [5.41, 5.74) is 5.85. The highest BCUT2D eigenvalue weighted by Gasteiger charge is 2.12. The number of halogens is 3. The van der Waals surface area contributed by atoms with E-state index in [1.165, 1.54) is 6.21 Å². The predicted octanol–water partition coefficient (Wildman–Crippen LogP) is 5.86. The number of phenols is 1. The molecule has 4 aromatic rings. The second-order valence-corrected chi connectivity index (χ2v) is 9.63. The van der Waals surface area contributed by atoms with Crippen LogP contribution in [0.5, 0.6) is 5.75 Å². The molecule has 0 saturated carbocycles. The highest BCUT2D eigenvalue weighted by Crippen LogP contribution is 2.30. The van der Waals surface area contributed by atoms with E-state index in [2.05, 4.69) is 83.7 Å². The van der Waals surface area contributed by atoms with Crippen molar-refractivity contribution in [2.24, 2.45) is 5.10 Å². The number of hydrogen-bond acceptors (Lipinski definition) is 8. The quantitative estimate of drug-likeness (QED) is 0.180. The molecule has 0 atom stereocenters. The third kappa shape index (κ3) is 5.75. The average Bonchev–Trinajstić information content (AvgIpc) is 3.11. The zero-order chi connectivity index (χ0) is 23.5. The molecular formula is C21H17Br3N8O. The number of hydrogen-bond donors (Lipinski definition) is 3. The number of rotatable bonds is 6. The van der Waals surface area contributed by atoms with Crippen LogP contribution in [0.2, 0.25) is 0 Å². The van der Waals surface area contributed by atoms with Gasteiger partial charge in [-0.15, -0.1) is 0 Å². The summed E-state index contributed by atoms with van der Waals surface area (Å²) in [5.74, 6) is 0.930. The van der Waals surface area contributed by atoms with E-state index in [0.29, 0.717) is 21.9 Å². The van der Waals surface area contributed by atoms with Crippen LogP contribution in [0.15, 0.2) is 61.0 Å². The van der Waals surface area contributed by atoms with Crippen LogP contribution in [-0.4, -0.2) is 36.1 Å². The fourth-order valence-electron chi connectivity index (χ4n) is 2.90. The monoisotopic (exact) mass is 634 g/mol. The van der Waals surface area contributed by atoms with Gasteiger partial charge in [0, 0.05) is 25.9 Å². The van der Waals surface area contributed by atoms with E-state index >= 15 is 0 Å². The number of nitrogens with zero attached hydrogens (tertiary/aromatic N) is 6.